The third kappa shape index (κ3) is 5.70. The minimum atomic E-state index is -0.851. The molecule has 1 aromatic carbocycles. The second kappa shape index (κ2) is 8.60. The van der Waals surface area contributed by atoms with Crippen LogP contribution in [0, 0.1) is 18.8 Å². The van der Waals surface area contributed by atoms with E-state index in [1.165, 1.54) is 0 Å². The number of carbonyl (C=O) groups excluding carboxylic acids is 1. The molecule has 2 unspecified atom stereocenters. The summed E-state index contributed by atoms with van der Waals surface area (Å²) < 4.78 is 11.1. The zero-order valence-electron chi connectivity index (χ0n) is 12.6. The molecule has 2 atom stereocenters. The molecule has 0 aliphatic heterocycles. The van der Waals surface area contributed by atoms with Crippen LogP contribution in [-0.4, -0.2) is 39.9 Å². The average molecular weight is 307 g/mol. The summed E-state index contributed by atoms with van der Waals surface area (Å²) in [6.07, 6.45) is 2.33. The Morgan fingerprint density at radius 3 is 2.81 bits per heavy atom. The van der Waals surface area contributed by atoms with Gasteiger partial charge in [-0.3, -0.25) is 9.00 Å². The molecule has 2 N–H and O–H groups in total. The topological polar surface area (TPSA) is 66.4 Å². The van der Waals surface area contributed by atoms with Crippen molar-refractivity contribution >= 4 is 16.7 Å². The zero-order valence-corrected chi connectivity index (χ0v) is 13.4. The minimum absolute atomic E-state index is 0.0343. The van der Waals surface area contributed by atoms with E-state index in [0.717, 1.165) is 11.1 Å². The number of nitrogens with one attached hydrogen (secondary N) is 1. The van der Waals surface area contributed by atoms with Crippen LogP contribution in [0.5, 0.6) is 0 Å². The van der Waals surface area contributed by atoms with Crippen LogP contribution >= 0.6 is 0 Å². The van der Waals surface area contributed by atoms with E-state index in [0.29, 0.717) is 17.7 Å². The highest BCUT2D eigenvalue weighted by Gasteiger charge is 2.13. The first kappa shape index (κ1) is 17.4. The molecule has 21 heavy (non-hydrogen) atoms. The van der Waals surface area contributed by atoms with Crippen LogP contribution in [0.1, 0.15) is 34.8 Å². The fraction of sp³-hybridized carbons (Fsp3) is 0.438. The summed E-state index contributed by atoms with van der Waals surface area (Å²) >= 11 is 0. The largest absolute Gasteiger partial charge is 0.384 e. The van der Waals surface area contributed by atoms with Gasteiger partial charge in [0.25, 0.3) is 5.91 Å². The first-order valence-electron chi connectivity index (χ1n) is 6.76. The Bertz CT molecular complexity index is 587. The fourth-order valence-electron chi connectivity index (χ4n) is 1.87. The summed E-state index contributed by atoms with van der Waals surface area (Å²) in [6.45, 7) is 3.53. The van der Waals surface area contributed by atoms with E-state index in [9.17, 15) is 9.00 Å². The van der Waals surface area contributed by atoms with Gasteiger partial charge in [-0.05, 0) is 38.0 Å². The second-order valence-corrected chi connectivity index (χ2v) is 6.43. The maximum atomic E-state index is 12.3. The highest BCUT2D eigenvalue weighted by atomic mass is 32.2. The lowest BCUT2D eigenvalue weighted by molar-refractivity contribution is 0.0939. The molecule has 114 valence electrons. The molecular formula is C16H21NO3S. The van der Waals surface area contributed by atoms with Gasteiger partial charge in [-0.25, -0.2) is 0 Å². The molecule has 0 radical (unpaired) electrons. The van der Waals surface area contributed by atoms with Crippen molar-refractivity contribution < 1.29 is 14.1 Å². The molecule has 0 spiro atoms. The molecule has 0 fully saturated rings. The average Bonchev–Trinajstić information content (AvgIpc) is 2.44. The molecule has 1 rings (SSSR count). The standard InChI is InChI=1S/C16H21NO3S/c1-12(9-11-21(3)20)17-16(19)15-8-4-6-14(13(15)2)7-5-10-18/h4,6,8,12,18H,9-11H2,1-3H3,(H,17,19). The van der Waals surface area contributed by atoms with E-state index in [1.807, 2.05) is 19.9 Å². The van der Waals surface area contributed by atoms with E-state index in [1.54, 1.807) is 18.4 Å². The van der Waals surface area contributed by atoms with Crippen LogP contribution in [0.3, 0.4) is 0 Å². The molecule has 4 nitrogen and oxygen atoms in total. The summed E-state index contributed by atoms with van der Waals surface area (Å²) in [4.78, 5) is 12.3. The molecule has 0 bridgehead atoms. The van der Waals surface area contributed by atoms with Crippen molar-refractivity contribution in [3.63, 3.8) is 0 Å². The van der Waals surface area contributed by atoms with Crippen LogP contribution in [0.4, 0.5) is 0 Å². The number of hydrogen-bond acceptors (Lipinski definition) is 3. The predicted octanol–water partition coefficient (Wildman–Crippen LogP) is 1.23. The van der Waals surface area contributed by atoms with Gasteiger partial charge in [0.15, 0.2) is 0 Å². The number of aliphatic hydroxyl groups is 1. The number of aliphatic hydroxyl groups excluding tert-OH is 1. The first-order valence-corrected chi connectivity index (χ1v) is 8.48. The molecule has 0 saturated heterocycles. The van der Waals surface area contributed by atoms with E-state index >= 15 is 0 Å². The van der Waals surface area contributed by atoms with Gasteiger partial charge in [0.1, 0.15) is 6.61 Å². The van der Waals surface area contributed by atoms with Crippen LogP contribution in [0.2, 0.25) is 0 Å². The van der Waals surface area contributed by atoms with Gasteiger partial charge in [0.05, 0.1) is 0 Å². The third-order valence-corrected chi connectivity index (χ3v) is 3.91. The van der Waals surface area contributed by atoms with E-state index in [-0.39, 0.29) is 18.6 Å². The van der Waals surface area contributed by atoms with Crippen LogP contribution < -0.4 is 5.32 Å². The Morgan fingerprint density at radius 1 is 1.48 bits per heavy atom. The predicted molar refractivity (Wildman–Crippen MR) is 85.6 cm³/mol. The van der Waals surface area contributed by atoms with Crippen LogP contribution in [-0.2, 0) is 10.8 Å². The summed E-state index contributed by atoms with van der Waals surface area (Å²) in [5.41, 5.74) is 2.10. The van der Waals surface area contributed by atoms with Crippen molar-refractivity contribution in [2.45, 2.75) is 26.3 Å². The van der Waals surface area contributed by atoms with Crippen LogP contribution in [0.15, 0.2) is 18.2 Å². The number of carbonyl (C=O) groups is 1. The van der Waals surface area contributed by atoms with Crippen molar-refractivity contribution in [3.05, 3.63) is 34.9 Å². The number of rotatable bonds is 5. The molecule has 5 heteroatoms. The van der Waals surface area contributed by atoms with Gasteiger partial charge in [0.2, 0.25) is 0 Å². The third-order valence-electron chi connectivity index (χ3n) is 3.10. The van der Waals surface area contributed by atoms with Crippen molar-refractivity contribution in [2.24, 2.45) is 0 Å². The van der Waals surface area contributed by atoms with Gasteiger partial charge in [0, 0.05) is 40.0 Å². The minimum Gasteiger partial charge on any atom is -0.384 e. The van der Waals surface area contributed by atoms with Crippen molar-refractivity contribution in [1.82, 2.24) is 5.32 Å². The number of amides is 1. The Kier molecular flexibility index (Phi) is 7.13. The summed E-state index contributed by atoms with van der Waals surface area (Å²) in [5, 5.41) is 11.6. The number of benzene rings is 1. The lowest BCUT2D eigenvalue weighted by Gasteiger charge is -2.14. The van der Waals surface area contributed by atoms with Crippen LogP contribution in [0.25, 0.3) is 0 Å². The summed E-state index contributed by atoms with van der Waals surface area (Å²) in [5.74, 6) is 5.83. The highest BCUT2D eigenvalue weighted by Crippen LogP contribution is 2.13. The molecule has 1 amide bonds. The Balaban J connectivity index is 2.81. The zero-order chi connectivity index (χ0) is 15.8. The molecule has 0 aromatic heterocycles. The summed E-state index contributed by atoms with van der Waals surface area (Å²) in [7, 11) is -0.851. The summed E-state index contributed by atoms with van der Waals surface area (Å²) in [6, 6.07) is 5.31. The second-order valence-electron chi connectivity index (χ2n) is 4.88. The smallest absolute Gasteiger partial charge is 0.251 e. The van der Waals surface area contributed by atoms with E-state index in [2.05, 4.69) is 17.2 Å². The van der Waals surface area contributed by atoms with Gasteiger partial charge < -0.3 is 10.4 Å². The molecule has 0 aliphatic rings. The fourth-order valence-corrected chi connectivity index (χ4v) is 2.55. The Hall–Kier alpha value is -1.64. The van der Waals surface area contributed by atoms with Crippen molar-refractivity contribution in [2.75, 3.05) is 18.6 Å². The highest BCUT2D eigenvalue weighted by molar-refractivity contribution is 7.84. The molecule has 1 aromatic rings. The van der Waals surface area contributed by atoms with Gasteiger partial charge in [-0.2, -0.15) is 0 Å². The molecule has 0 saturated carbocycles. The van der Waals surface area contributed by atoms with E-state index in [4.69, 9.17) is 5.11 Å². The monoisotopic (exact) mass is 307 g/mol. The maximum Gasteiger partial charge on any atom is 0.251 e. The molecular weight excluding hydrogens is 286 g/mol. The SMILES string of the molecule is Cc1c(C#CCO)cccc1C(=O)NC(C)CCS(C)=O. The normalized spacial score (nSPS) is 13.0. The van der Waals surface area contributed by atoms with Gasteiger partial charge in [-0.15, -0.1) is 0 Å². The van der Waals surface area contributed by atoms with E-state index < -0.39 is 10.8 Å². The first-order chi connectivity index (χ1) is 9.95. The molecule has 0 heterocycles. The van der Waals surface area contributed by atoms with Gasteiger partial charge in [-0.1, -0.05) is 17.9 Å². The maximum absolute atomic E-state index is 12.3. The lowest BCUT2D eigenvalue weighted by atomic mass is 10.0. The van der Waals surface area contributed by atoms with Gasteiger partial charge >= 0.3 is 0 Å². The van der Waals surface area contributed by atoms with Crippen molar-refractivity contribution in [1.29, 1.82) is 0 Å². The lowest BCUT2D eigenvalue weighted by Crippen LogP contribution is -2.34. The quantitative estimate of drug-likeness (QED) is 0.804. The Labute approximate surface area is 128 Å². The number of hydrogen-bond donors (Lipinski definition) is 2. The Morgan fingerprint density at radius 2 is 2.19 bits per heavy atom. The van der Waals surface area contributed by atoms with Crippen molar-refractivity contribution in [3.8, 4) is 11.8 Å². The molecule has 0 aliphatic carbocycles.